The second-order valence-corrected chi connectivity index (χ2v) is 7.40. The van der Waals surface area contributed by atoms with Gasteiger partial charge in [-0.3, -0.25) is 18.7 Å². The monoisotopic (exact) mass is 432 g/mol. The highest BCUT2D eigenvalue weighted by molar-refractivity contribution is 5.74. The Labute approximate surface area is 184 Å². The third-order valence-electron chi connectivity index (χ3n) is 5.24. The summed E-state index contributed by atoms with van der Waals surface area (Å²) in [5.74, 6) is -0.554. The van der Waals surface area contributed by atoms with Crippen molar-refractivity contribution in [1.82, 2.24) is 18.7 Å². The van der Waals surface area contributed by atoms with Crippen LogP contribution >= 0.6 is 0 Å². The third-order valence-corrected chi connectivity index (χ3v) is 5.24. The van der Waals surface area contributed by atoms with Crippen molar-refractivity contribution >= 4 is 17.1 Å². The fraction of sp³-hybridized carbons (Fsp3) is 0.250. The Bertz CT molecular complexity index is 1340. The molecule has 0 bridgehead atoms. The quantitative estimate of drug-likeness (QED) is 0.399. The van der Waals surface area contributed by atoms with Crippen molar-refractivity contribution in [2.45, 2.75) is 33.0 Å². The van der Waals surface area contributed by atoms with Gasteiger partial charge in [0.15, 0.2) is 11.2 Å². The molecule has 0 radical (unpaired) electrons. The molecule has 0 unspecified atom stereocenters. The minimum Gasteiger partial charge on any atom is -0.465 e. The van der Waals surface area contributed by atoms with E-state index >= 15 is 0 Å². The van der Waals surface area contributed by atoms with Crippen LogP contribution < -0.4 is 11.2 Å². The molecule has 0 amide bonds. The number of aromatic nitrogens is 4. The predicted octanol–water partition coefficient (Wildman–Crippen LogP) is 2.21. The van der Waals surface area contributed by atoms with Crippen LogP contribution in [0.2, 0.25) is 0 Å². The van der Waals surface area contributed by atoms with Crippen LogP contribution in [-0.4, -0.2) is 31.3 Å². The van der Waals surface area contributed by atoms with Gasteiger partial charge in [-0.15, -0.1) is 0 Å². The molecule has 4 rings (SSSR count). The van der Waals surface area contributed by atoms with Gasteiger partial charge in [-0.05, 0) is 24.5 Å². The highest BCUT2D eigenvalue weighted by Crippen LogP contribution is 2.11. The Kier molecular flexibility index (Phi) is 6.30. The first kappa shape index (κ1) is 21.3. The lowest BCUT2D eigenvalue weighted by Gasteiger charge is -2.12. The molecule has 2 aromatic carbocycles. The summed E-state index contributed by atoms with van der Waals surface area (Å²) in [5.41, 5.74) is 1.47. The lowest BCUT2D eigenvalue weighted by molar-refractivity contribution is -0.143. The third kappa shape index (κ3) is 4.39. The maximum absolute atomic E-state index is 13.4. The summed E-state index contributed by atoms with van der Waals surface area (Å²) in [6.45, 7) is 2.20. The van der Waals surface area contributed by atoms with Gasteiger partial charge in [0, 0.05) is 13.1 Å². The Hall–Kier alpha value is -3.94. The van der Waals surface area contributed by atoms with E-state index in [9.17, 15) is 14.4 Å². The number of fused-ring (bicyclic) bond motifs is 1. The molecule has 2 aromatic heterocycles. The number of rotatable bonds is 8. The van der Waals surface area contributed by atoms with Crippen LogP contribution in [0, 0.1) is 0 Å². The topological polar surface area (TPSA) is 88.1 Å². The average molecular weight is 432 g/mol. The van der Waals surface area contributed by atoms with E-state index in [1.807, 2.05) is 60.7 Å². The van der Waals surface area contributed by atoms with E-state index in [1.54, 1.807) is 11.5 Å². The zero-order valence-corrected chi connectivity index (χ0v) is 17.8. The number of carbonyl (C=O) groups is 1. The fourth-order valence-electron chi connectivity index (χ4n) is 3.70. The lowest BCUT2D eigenvalue weighted by Crippen LogP contribution is -2.42. The van der Waals surface area contributed by atoms with Crippen molar-refractivity contribution in [2.24, 2.45) is 0 Å². The van der Waals surface area contributed by atoms with Crippen LogP contribution in [0.25, 0.3) is 11.2 Å². The minimum absolute atomic E-state index is 0.181. The number of carbonyl (C=O) groups excluding carboxylic acids is 1. The molecule has 0 saturated heterocycles. The van der Waals surface area contributed by atoms with E-state index in [1.165, 1.54) is 15.5 Å². The van der Waals surface area contributed by atoms with Crippen LogP contribution in [-0.2, 0) is 35.6 Å². The second kappa shape index (κ2) is 9.47. The molecule has 2 heterocycles. The van der Waals surface area contributed by atoms with Crippen LogP contribution in [0.4, 0.5) is 0 Å². The molecule has 32 heavy (non-hydrogen) atoms. The van der Waals surface area contributed by atoms with Gasteiger partial charge in [0.2, 0.25) is 0 Å². The summed E-state index contributed by atoms with van der Waals surface area (Å²) in [4.78, 5) is 43.1. The summed E-state index contributed by atoms with van der Waals surface area (Å²) in [7, 11) is 0. The Morgan fingerprint density at radius 2 is 1.59 bits per heavy atom. The molecular weight excluding hydrogens is 408 g/mol. The predicted molar refractivity (Wildman–Crippen MR) is 121 cm³/mol. The maximum Gasteiger partial charge on any atom is 0.333 e. The van der Waals surface area contributed by atoms with Crippen LogP contribution in [0.3, 0.4) is 0 Å². The Morgan fingerprint density at radius 1 is 0.938 bits per heavy atom. The molecular formula is C24H24N4O4. The Balaban J connectivity index is 1.81. The molecule has 0 fully saturated rings. The maximum atomic E-state index is 13.4. The number of imidazole rings is 1. The van der Waals surface area contributed by atoms with E-state index in [4.69, 9.17) is 4.74 Å². The fourth-order valence-corrected chi connectivity index (χ4v) is 3.70. The number of aryl methyl sites for hydroxylation is 1. The molecule has 0 aliphatic rings. The highest BCUT2D eigenvalue weighted by Gasteiger charge is 2.20. The van der Waals surface area contributed by atoms with Gasteiger partial charge in [-0.2, -0.15) is 0 Å². The van der Waals surface area contributed by atoms with E-state index in [0.29, 0.717) is 13.0 Å². The van der Waals surface area contributed by atoms with E-state index in [2.05, 4.69) is 4.98 Å². The number of benzene rings is 2. The van der Waals surface area contributed by atoms with Crippen molar-refractivity contribution in [2.75, 3.05) is 6.61 Å². The van der Waals surface area contributed by atoms with Gasteiger partial charge in [0.05, 0.1) is 12.9 Å². The van der Waals surface area contributed by atoms with Gasteiger partial charge in [-0.1, -0.05) is 60.7 Å². The Morgan fingerprint density at radius 3 is 2.25 bits per heavy atom. The van der Waals surface area contributed by atoms with Gasteiger partial charge < -0.3 is 9.30 Å². The van der Waals surface area contributed by atoms with Crippen molar-refractivity contribution in [3.05, 3.63) is 99.0 Å². The molecule has 0 saturated carbocycles. The molecule has 0 atom stereocenters. The van der Waals surface area contributed by atoms with Crippen LogP contribution in [0.1, 0.15) is 18.1 Å². The standard InChI is InChI=1S/C24H24N4O4/c1-2-32-20(29)16-28-22-21(26(17-25-22)15-19-11-7-4-8-12-19)23(30)27(24(28)31)14-13-18-9-5-3-6-10-18/h3-12,17H,2,13-16H2,1H3. The van der Waals surface area contributed by atoms with Gasteiger partial charge in [0.25, 0.3) is 5.56 Å². The molecule has 8 nitrogen and oxygen atoms in total. The first-order chi connectivity index (χ1) is 15.6. The first-order valence-corrected chi connectivity index (χ1v) is 10.5. The summed E-state index contributed by atoms with van der Waals surface area (Å²) in [6, 6.07) is 19.3. The molecule has 0 spiro atoms. The van der Waals surface area contributed by atoms with Crippen molar-refractivity contribution in [3.63, 3.8) is 0 Å². The number of hydrogen-bond donors (Lipinski definition) is 0. The first-order valence-electron chi connectivity index (χ1n) is 10.5. The number of nitrogens with zero attached hydrogens (tertiary/aromatic N) is 4. The number of ether oxygens (including phenoxy) is 1. The molecule has 8 heteroatoms. The molecule has 0 aliphatic heterocycles. The summed E-state index contributed by atoms with van der Waals surface area (Å²) >= 11 is 0. The van der Waals surface area contributed by atoms with Gasteiger partial charge >= 0.3 is 11.7 Å². The second-order valence-electron chi connectivity index (χ2n) is 7.40. The van der Waals surface area contributed by atoms with Gasteiger partial charge in [-0.25, -0.2) is 9.78 Å². The average Bonchev–Trinajstić information content (AvgIpc) is 3.22. The highest BCUT2D eigenvalue weighted by atomic mass is 16.5. The van der Waals surface area contributed by atoms with Crippen LogP contribution in [0.5, 0.6) is 0 Å². The van der Waals surface area contributed by atoms with Gasteiger partial charge in [0.1, 0.15) is 6.54 Å². The molecule has 4 aromatic rings. The number of hydrogen-bond acceptors (Lipinski definition) is 5. The van der Waals surface area contributed by atoms with Crippen molar-refractivity contribution in [1.29, 1.82) is 0 Å². The molecule has 164 valence electrons. The van der Waals surface area contributed by atoms with E-state index < -0.39 is 17.2 Å². The van der Waals surface area contributed by atoms with Crippen molar-refractivity contribution < 1.29 is 9.53 Å². The normalized spacial score (nSPS) is 11.0. The zero-order chi connectivity index (χ0) is 22.5. The largest absolute Gasteiger partial charge is 0.465 e. The zero-order valence-electron chi connectivity index (χ0n) is 17.8. The van der Waals surface area contributed by atoms with Crippen LogP contribution in [0.15, 0.2) is 76.6 Å². The minimum atomic E-state index is -0.573. The summed E-state index contributed by atoms with van der Waals surface area (Å²) in [5, 5.41) is 0. The molecule has 0 N–H and O–H groups in total. The molecule has 0 aliphatic carbocycles. The smallest absolute Gasteiger partial charge is 0.333 e. The van der Waals surface area contributed by atoms with E-state index in [0.717, 1.165) is 11.1 Å². The van der Waals surface area contributed by atoms with Crippen molar-refractivity contribution in [3.8, 4) is 0 Å². The lowest BCUT2D eigenvalue weighted by atomic mass is 10.1. The van der Waals surface area contributed by atoms with E-state index in [-0.39, 0.29) is 30.9 Å². The summed E-state index contributed by atoms with van der Waals surface area (Å²) in [6.07, 6.45) is 2.04. The summed E-state index contributed by atoms with van der Waals surface area (Å²) < 4.78 is 9.15. The SMILES string of the molecule is CCOC(=O)Cn1c(=O)n(CCc2ccccc2)c(=O)c2c1ncn2Cc1ccccc1. The number of esters is 1.